The van der Waals surface area contributed by atoms with Gasteiger partial charge in [0.05, 0.1) is 15.0 Å². The first-order chi connectivity index (χ1) is 12.2. The minimum absolute atomic E-state index is 0.418. The summed E-state index contributed by atoms with van der Waals surface area (Å²) < 4.78 is 13.0. The first-order valence-electron chi connectivity index (χ1n) is 8.08. The Kier molecular flexibility index (Phi) is 4.02. The molecule has 0 N–H and O–H groups in total. The van der Waals surface area contributed by atoms with Crippen molar-refractivity contribution < 1.29 is 9.05 Å². The molecule has 0 fully saturated rings. The van der Waals surface area contributed by atoms with Crippen molar-refractivity contribution in [2.24, 2.45) is 0 Å². The predicted molar refractivity (Wildman–Crippen MR) is 101 cm³/mol. The van der Waals surface area contributed by atoms with Crippen molar-refractivity contribution in [2.75, 3.05) is 0 Å². The monoisotopic (exact) mass is 351 g/mol. The molecule has 25 heavy (non-hydrogen) atoms. The van der Waals surface area contributed by atoms with Crippen LogP contribution >= 0.6 is 9.47 Å². The van der Waals surface area contributed by atoms with Crippen molar-refractivity contribution in [1.82, 2.24) is 14.7 Å². The molecule has 0 aliphatic rings. The van der Waals surface area contributed by atoms with Crippen molar-refractivity contribution in [2.45, 2.75) is 19.9 Å². The molecule has 0 bridgehead atoms. The standard InChI is InChI=1S/C19H18N3O2P/c1-12(2)22-10-9-13-11-14(7-8-16(13)22)19-20-18(21-23-19)15-5-3-4-6-17(15)24-25/h3-12H,25H2,1-2H3. The summed E-state index contributed by atoms with van der Waals surface area (Å²) in [7, 11) is 2.24. The van der Waals surface area contributed by atoms with Gasteiger partial charge in [-0.05, 0) is 50.2 Å². The predicted octanol–water partition coefficient (Wildman–Crippen LogP) is 5.11. The van der Waals surface area contributed by atoms with Crippen LogP contribution in [0, 0.1) is 0 Å². The second-order valence-electron chi connectivity index (χ2n) is 6.13. The molecule has 5 nitrogen and oxygen atoms in total. The lowest BCUT2D eigenvalue weighted by molar-refractivity contribution is 0.432. The van der Waals surface area contributed by atoms with Gasteiger partial charge in [-0.3, -0.25) is 0 Å². The minimum Gasteiger partial charge on any atom is -0.480 e. The Morgan fingerprint density at radius 3 is 2.76 bits per heavy atom. The summed E-state index contributed by atoms with van der Waals surface area (Å²) in [4.78, 5) is 4.53. The molecule has 0 saturated carbocycles. The fraction of sp³-hybridized carbons (Fsp3) is 0.158. The minimum atomic E-state index is 0.418. The SMILES string of the molecule is CC(C)n1ccc2cc(-c3nc(-c4ccccc4OP)no3)ccc21. The van der Waals surface area contributed by atoms with Crippen LogP contribution in [-0.2, 0) is 0 Å². The number of para-hydroxylation sites is 1. The van der Waals surface area contributed by atoms with E-state index in [1.165, 1.54) is 5.52 Å². The van der Waals surface area contributed by atoms with Crippen molar-refractivity contribution in [1.29, 1.82) is 0 Å². The normalized spacial score (nSPS) is 11.4. The Bertz CT molecular complexity index is 1040. The Morgan fingerprint density at radius 2 is 1.96 bits per heavy atom. The second kappa shape index (κ2) is 6.34. The molecule has 6 heteroatoms. The Morgan fingerprint density at radius 1 is 1.12 bits per heavy atom. The lowest BCUT2D eigenvalue weighted by Crippen LogP contribution is -1.97. The summed E-state index contributed by atoms with van der Waals surface area (Å²) in [6, 6.07) is 16.3. The zero-order valence-corrected chi connectivity index (χ0v) is 15.2. The molecular formula is C19H18N3O2P. The van der Waals surface area contributed by atoms with Gasteiger partial charge in [-0.15, -0.1) is 0 Å². The highest BCUT2D eigenvalue weighted by molar-refractivity contribution is 7.10. The van der Waals surface area contributed by atoms with Crippen LogP contribution < -0.4 is 4.52 Å². The first kappa shape index (κ1) is 15.9. The third kappa shape index (κ3) is 2.81. The molecule has 2 heterocycles. The van der Waals surface area contributed by atoms with Gasteiger partial charge in [-0.2, -0.15) is 4.98 Å². The molecule has 0 aliphatic heterocycles. The lowest BCUT2D eigenvalue weighted by atomic mass is 10.1. The quantitative estimate of drug-likeness (QED) is 0.480. The van der Waals surface area contributed by atoms with E-state index in [-0.39, 0.29) is 0 Å². The van der Waals surface area contributed by atoms with E-state index >= 15 is 0 Å². The summed E-state index contributed by atoms with van der Waals surface area (Å²) in [5.41, 5.74) is 2.89. The molecule has 2 aromatic carbocycles. The highest BCUT2D eigenvalue weighted by Gasteiger charge is 2.15. The maximum atomic E-state index is 5.48. The number of hydrogen-bond acceptors (Lipinski definition) is 4. The molecule has 1 unspecified atom stereocenters. The molecule has 4 aromatic rings. The first-order valence-corrected chi connectivity index (χ1v) is 8.55. The van der Waals surface area contributed by atoms with Crippen molar-refractivity contribution in [3.05, 3.63) is 54.7 Å². The van der Waals surface area contributed by atoms with Gasteiger partial charge in [-0.1, -0.05) is 17.3 Å². The van der Waals surface area contributed by atoms with E-state index in [9.17, 15) is 0 Å². The van der Waals surface area contributed by atoms with E-state index in [1.807, 2.05) is 30.3 Å². The van der Waals surface area contributed by atoms with E-state index in [0.717, 1.165) is 16.5 Å². The number of aromatic nitrogens is 3. The Labute approximate surface area is 147 Å². The van der Waals surface area contributed by atoms with Crippen LogP contribution in [0.2, 0.25) is 0 Å². The van der Waals surface area contributed by atoms with Gasteiger partial charge in [0.2, 0.25) is 5.82 Å². The number of nitrogens with zero attached hydrogens (tertiary/aromatic N) is 3. The molecule has 0 aliphatic carbocycles. The molecular weight excluding hydrogens is 333 g/mol. The number of rotatable bonds is 4. The van der Waals surface area contributed by atoms with Crippen LogP contribution in [0.25, 0.3) is 33.7 Å². The third-order valence-corrected chi connectivity index (χ3v) is 4.46. The topological polar surface area (TPSA) is 53.1 Å². The lowest BCUT2D eigenvalue weighted by Gasteiger charge is -2.09. The molecule has 2 aromatic heterocycles. The molecule has 0 amide bonds. The number of hydrogen-bond donors (Lipinski definition) is 0. The molecule has 4 rings (SSSR count). The molecule has 126 valence electrons. The van der Waals surface area contributed by atoms with Crippen molar-refractivity contribution >= 4 is 20.4 Å². The van der Waals surface area contributed by atoms with Gasteiger partial charge in [0.15, 0.2) is 0 Å². The van der Waals surface area contributed by atoms with Crippen LogP contribution in [0.4, 0.5) is 0 Å². The van der Waals surface area contributed by atoms with Gasteiger partial charge in [0.1, 0.15) is 5.75 Å². The van der Waals surface area contributed by atoms with Gasteiger partial charge in [0, 0.05) is 28.7 Å². The third-order valence-electron chi connectivity index (χ3n) is 4.20. The summed E-state index contributed by atoms with van der Waals surface area (Å²) in [5, 5.41) is 5.26. The summed E-state index contributed by atoms with van der Waals surface area (Å²) in [6.07, 6.45) is 2.10. The van der Waals surface area contributed by atoms with E-state index in [1.54, 1.807) is 0 Å². The average molecular weight is 351 g/mol. The van der Waals surface area contributed by atoms with Crippen LogP contribution in [-0.4, -0.2) is 14.7 Å². The van der Waals surface area contributed by atoms with E-state index in [4.69, 9.17) is 9.05 Å². The van der Waals surface area contributed by atoms with Crippen LogP contribution in [0.1, 0.15) is 19.9 Å². The zero-order valence-electron chi connectivity index (χ0n) is 14.0. The second-order valence-corrected chi connectivity index (χ2v) is 6.36. The Hall–Kier alpha value is -2.65. The van der Waals surface area contributed by atoms with Gasteiger partial charge in [-0.25, -0.2) is 0 Å². The van der Waals surface area contributed by atoms with Gasteiger partial charge in [0.25, 0.3) is 5.89 Å². The highest BCUT2D eigenvalue weighted by Crippen LogP contribution is 2.31. The maximum absolute atomic E-state index is 5.48. The average Bonchev–Trinajstić information content (AvgIpc) is 3.28. The number of benzene rings is 2. The molecule has 1 atom stereocenters. The largest absolute Gasteiger partial charge is 0.480 e. The number of fused-ring (bicyclic) bond motifs is 1. The summed E-state index contributed by atoms with van der Waals surface area (Å²) in [6.45, 7) is 4.34. The van der Waals surface area contributed by atoms with E-state index < -0.39 is 0 Å². The Balaban J connectivity index is 1.74. The smallest absolute Gasteiger partial charge is 0.258 e. The van der Waals surface area contributed by atoms with Crippen molar-refractivity contribution in [3.63, 3.8) is 0 Å². The van der Waals surface area contributed by atoms with Crippen LogP contribution in [0.5, 0.6) is 5.75 Å². The zero-order chi connectivity index (χ0) is 17.4. The molecule has 0 radical (unpaired) electrons. The van der Waals surface area contributed by atoms with Gasteiger partial charge >= 0.3 is 0 Å². The summed E-state index contributed by atoms with van der Waals surface area (Å²) >= 11 is 0. The highest BCUT2D eigenvalue weighted by atomic mass is 31.0. The van der Waals surface area contributed by atoms with E-state index in [0.29, 0.717) is 23.5 Å². The van der Waals surface area contributed by atoms with Crippen LogP contribution in [0.3, 0.4) is 0 Å². The van der Waals surface area contributed by atoms with E-state index in [2.05, 4.69) is 62.4 Å². The van der Waals surface area contributed by atoms with Crippen LogP contribution in [0.15, 0.2) is 59.3 Å². The molecule has 0 saturated heterocycles. The fourth-order valence-electron chi connectivity index (χ4n) is 2.95. The fourth-order valence-corrected chi connectivity index (χ4v) is 3.16. The maximum Gasteiger partial charge on any atom is 0.258 e. The summed E-state index contributed by atoms with van der Waals surface area (Å²) in [5.74, 6) is 1.69. The molecule has 0 spiro atoms. The van der Waals surface area contributed by atoms with Gasteiger partial charge < -0.3 is 13.6 Å². The van der Waals surface area contributed by atoms with Crippen molar-refractivity contribution in [3.8, 4) is 28.6 Å².